The van der Waals surface area contributed by atoms with Crippen molar-refractivity contribution in [3.8, 4) is 0 Å². The number of hydrogen-bond donors (Lipinski definition) is 2. The molecule has 4 rings (SSSR count). The first kappa shape index (κ1) is 17.0. The SMILES string of the molecule is O=C(Cn1ncc2ccccc2c1=O)Nc1ccc(NC(=O)C2CC2)cc1. The van der Waals surface area contributed by atoms with Crippen molar-refractivity contribution >= 4 is 34.0 Å². The van der Waals surface area contributed by atoms with Crippen molar-refractivity contribution in [3.63, 3.8) is 0 Å². The summed E-state index contributed by atoms with van der Waals surface area (Å²) in [6, 6.07) is 14.0. The van der Waals surface area contributed by atoms with Gasteiger partial charge in [-0.25, -0.2) is 4.68 Å². The maximum Gasteiger partial charge on any atom is 0.275 e. The van der Waals surface area contributed by atoms with Crippen LogP contribution < -0.4 is 16.2 Å². The molecule has 7 heteroatoms. The Balaban J connectivity index is 1.41. The van der Waals surface area contributed by atoms with Gasteiger partial charge in [0.25, 0.3) is 5.56 Å². The molecule has 0 radical (unpaired) electrons. The highest BCUT2D eigenvalue weighted by Gasteiger charge is 2.29. The molecule has 0 spiro atoms. The maximum atomic E-state index is 12.4. The predicted octanol–water partition coefficient (Wildman–Crippen LogP) is 2.38. The molecular weight excluding hydrogens is 344 g/mol. The fourth-order valence-corrected chi connectivity index (χ4v) is 2.80. The van der Waals surface area contributed by atoms with E-state index in [1.54, 1.807) is 48.7 Å². The minimum Gasteiger partial charge on any atom is -0.326 e. The van der Waals surface area contributed by atoms with Crippen LogP contribution in [0.2, 0.25) is 0 Å². The predicted molar refractivity (Wildman–Crippen MR) is 102 cm³/mol. The van der Waals surface area contributed by atoms with Gasteiger partial charge in [0.1, 0.15) is 6.54 Å². The highest BCUT2D eigenvalue weighted by Crippen LogP contribution is 2.30. The molecule has 1 aromatic heterocycles. The molecule has 1 heterocycles. The normalized spacial score (nSPS) is 13.3. The van der Waals surface area contributed by atoms with E-state index in [0.29, 0.717) is 16.8 Å². The van der Waals surface area contributed by atoms with Gasteiger partial charge >= 0.3 is 0 Å². The van der Waals surface area contributed by atoms with E-state index in [9.17, 15) is 14.4 Å². The minimum absolute atomic E-state index is 0.0357. The van der Waals surface area contributed by atoms with Gasteiger partial charge in [0.15, 0.2) is 0 Å². The number of anilines is 2. The van der Waals surface area contributed by atoms with Gasteiger partial charge < -0.3 is 10.6 Å². The van der Waals surface area contributed by atoms with Crippen LogP contribution in [-0.4, -0.2) is 21.6 Å². The minimum atomic E-state index is -0.352. The van der Waals surface area contributed by atoms with Crippen LogP contribution in [0.4, 0.5) is 11.4 Å². The van der Waals surface area contributed by atoms with Crippen LogP contribution in [-0.2, 0) is 16.1 Å². The molecule has 1 fully saturated rings. The van der Waals surface area contributed by atoms with Crippen LogP contribution in [0, 0.1) is 5.92 Å². The zero-order valence-electron chi connectivity index (χ0n) is 14.5. The Morgan fingerprint density at radius 2 is 1.67 bits per heavy atom. The summed E-state index contributed by atoms with van der Waals surface area (Å²) in [4.78, 5) is 36.4. The second-order valence-corrected chi connectivity index (χ2v) is 6.58. The Morgan fingerprint density at radius 3 is 2.37 bits per heavy atom. The maximum absolute atomic E-state index is 12.4. The summed E-state index contributed by atoms with van der Waals surface area (Å²) < 4.78 is 1.14. The zero-order chi connectivity index (χ0) is 18.8. The number of carbonyl (C=O) groups excluding carboxylic acids is 2. The lowest BCUT2D eigenvalue weighted by atomic mass is 10.2. The van der Waals surface area contributed by atoms with Crippen molar-refractivity contribution in [2.75, 3.05) is 10.6 Å². The van der Waals surface area contributed by atoms with Gasteiger partial charge in [-0.05, 0) is 43.2 Å². The number of hydrogen-bond acceptors (Lipinski definition) is 4. The quantitative estimate of drug-likeness (QED) is 0.729. The molecule has 3 aromatic rings. The van der Waals surface area contributed by atoms with Crippen molar-refractivity contribution in [2.24, 2.45) is 5.92 Å². The van der Waals surface area contributed by atoms with Gasteiger partial charge in [0, 0.05) is 22.7 Å². The number of nitrogens with one attached hydrogen (secondary N) is 2. The zero-order valence-corrected chi connectivity index (χ0v) is 14.5. The number of carbonyl (C=O) groups is 2. The summed E-state index contributed by atoms with van der Waals surface area (Å²) in [5.41, 5.74) is 0.969. The second kappa shape index (κ2) is 7.03. The molecule has 0 aliphatic heterocycles. The average molecular weight is 362 g/mol. The second-order valence-electron chi connectivity index (χ2n) is 6.58. The van der Waals surface area contributed by atoms with E-state index in [0.717, 1.165) is 22.9 Å². The number of aromatic nitrogens is 2. The molecule has 0 atom stereocenters. The molecule has 7 nitrogen and oxygen atoms in total. The highest BCUT2D eigenvalue weighted by molar-refractivity contribution is 5.95. The van der Waals surface area contributed by atoms with Crippen molar-refractivity contribution in [1.29, 1.82) is 0 Å². The smallest absolute Gasteiger partial charge is 0.275 e. The Labute approximate surface area is 155 Å². The van der Waals surface area contributed by atoms with E-state index in [4.69, 9.17) is 0 Å². The van der Waals surface area contributed by atoms with Crippen LogP contribution in [0.5, 0.6) is 0 Å². The lowest BCUT2D eigenvalue weighted by Gasteiger charge is -2.09. The molecule has 27 heavy (non-hydrogen) atoms. The Kier molecular flexibility index (Phi) is 4.42. The highest BCUT2D eigenvalue weighted by atomic mass is 16.2. The molecule has 2 amide bonds. The largest absolute Gasteiger partial charge is 0.326 e. The molecule has 2 N–H and O–H groups in total. The van der Waals surface area contributed by atoms with Gasteiger partial charge in [-0.15, -0.1) is 0 Å². The summed E-state index contributed by atoms with van der Waals surface area (Å²) in [6.07, 6.45) is 3.46. The van der Waals surface area contributed by atoms with Crippen LogP contribution in [0.15, 0.2) is 59.5 Å². The molecule has 2 aromatic carbocycles. The van der Waals surface area contributed by atoms with Gasteiger partial charge in [0.2, 0.25) is 11.8 Å². The molecule has 1 aliphatic carbocycles. The van der Waals surface area contributed by atoms with Crippen molar-refractivity contribution in [1.82, 2.24) is 9.78 Å². The van der Waals surface area contributed by atoms with Crippen molar-refractivity contribution in [3.05, 3.63) is 65.1 Å². The molecule has 0 bridgehead atoms. The Morgan fingerprint density at radius 1 is 1.00 bits per heavy atom. The third-order valence-electron chi connectivity index (χ3n) is 4.44. The first-order valence-electron chi connectivity index (χ1n) is 8.76. The van der Waals surface area contributed by atoms with Gasteiger partial charge in [-0.1, -0.05) is 18.2 Å². The number of fused-ring (bicyclic) bond motifs is 1. The van der Waals surface area contributed by atoms with E-state index in [1.807, 2.05) is 6.07 Å². The number of rotatable bonds is 5. The standard InChI is InChI=1S/C20H18N4O3/c25-18(12-24-20(27)17-4-2-1-3-14(17)11-21-24)22-15-7-9-16(10-8-15)23-19(26)13-5-6-13/h1-4,7-11,13H,5-6,12H2,(H,22,25)(H,23,26). The fraction of sp³-hybridized carbons (Fsp3) is 0.200. The van der Waals surface area contributed by atoms with E-state index < -0.39 is 0 Å². The monoisotopic (exact) mass is 362 g/mol. The van der Waals surface area contributed by atoms with E-state index in [1.165, 1.54) is 0 Å². The summed E-state index contributed by atoms with van der Waals surface area (Å²) in [5, 5.41) is 10.9. The van der Waals surface area contributed by atoms with Gasteiger partial charge in [-0.2, -0.15) is 5.10 Å². The first-order chi connectivity index (χ1) is 13.1. The summed E-state index contributed by atoms with van der Waals surface area (Å²) >= 11 is 0. The third kappa shape index (κ3) is 3.87. The average Bonchev–Trinajstić information content (AvgIpc) is 3.51. The van der Waals surface area contributed by atoms with Crippen LogP contribution in [0.1, 0.15) is 12.8 Å². The molecule has 0 saturated heterocycles. The number of benzene rings is 2. The molecule has 136 valence electrons. The summed E-state index contributed by atoms with van der Waals surface area (Å²) in [7, 11) is 0. The summed E-state index contributed by atoms with van der Waals surface area (Å²) in [5.74, 6) is -0.180. The molecular formula is C20H18N4O3. The van der Waals surface area contributed by atoms with E-state index in [-0.39, 0.29) is 29.8 Å². The van der Waals surface area contributed by atoms with Crippen LogP contribution in [0.3, 0.4) is 0 Å². The van der Waals surface area contributed by atoms with Gasteiger partial charge in [-0.3, -0.25) is 14.4 Å². The van der Waals surface area contributed by atoms with Crippen LogP contribution in [0.25, 0.3) is 10.8 Å². The third-order valence-corrected chi connectivity index (χ3v) is 4.44. The lowest BCUT2D eigenvalue weighted by Crippen LogP contribution is -2.29. The molecule has 1 aliphatic rings. The van der Waals surface area contributed by atoms with Crippen LogP contribution >= 0.6 is 0 Å². The lowest BCUT2D eigenvalue weighted by molar-refractivity contribution is -0.118. The first-order valence-corrected chi connectivity index (χ1v) is 8.76. The fourth-order valence-electron chi connectivity index (χ4n) is 2.80. The van der Waals surface area contributed by atoms with Crippen molar-refractivity contribution in [2.45, 2.75) is 19.4 Å². The van der Waals surface area contributed by atoms with Crippen molar-refractivity contribution < 1.29 is 9.59 Å². The Bertz CT molecular complexity index is 1070. The van der Waals surface area contributed by atoms with E-state index >= 15 is 0 Å². The summed E-state index contributed by atoms with van der Waals surface area (Å²) in [6.45, 7) is -0.177. The Hall–Kier alpha value is -3.48. The number of nitrogens with zero attached hydrogens (tertiary/aromatic N) is 2. The molecule has 0 unspecified atom stereocenters. The van der Waals surface area contributed by atoms with E-state index in [2.05, 4.69) is 15.7 Å². The van der Waals surface area contributed by atoms with Gasteiger partial charge in [0.05, 0.1) is 11.6 Å². The topological polar surface area (TPSA) is 93.1 Å². The number of amides is 2. The molecule has 1 saturated carbocycles.